The topological polar surface area (TPSA) is 89.7 Å². The Labute approximate surface area is 132 Å². The SMILES string of the molecule is CC(C)CN(CCS(C)(=O)=O)C(=O)OCc1ccc(N)cc1. The van der Waals surface area contributed by atoms with Gasteiger partial charge in [-0.05, 0) is 23.6 Å². The maximum atomic E-state index is 12.1. The molecule has 0 aliphatic heterocycles. The molecule has 0 saturated carbocycles. The summed E-state index contributed by atoms with van der Waals surface area (Å²) in [5, 5.41) is 0. The number of nitrogen functional groups attached to an aromatic ring is 1. The van der Waals surface area contributed by atoms with Crippen molar-refractivity contribution in [3.05, 3.63) is 29.8 Å². The number of ether oxygens (including phenoxy) is 1. The van der Waals surface area contributed by atoms with Gasteiger partial charge in [-0.2, -0.15) is 0 Å². The van der Waals surface area contributed by atoms with Crippen LogP contribution in [-0.2, 0) is 21.2 Å². The van der Waals surface area contributed by atoms with Crippen LogP contribution < -0.4 is 5.73 Å². The van der Waals surface area contributed by atoms with Gasteiger partial charge in [-0.3, -0.25) is 0 Å². The predicted octanol–water partition coefficient (Wildman–Crippen LogP) is 1.91. The number of amides is 1. The van der Waals surface area contributed by atoms with Crippen LogP contribution in [0.2, 0.25) is 0 Å². The molecule has 0 aromatic heterocycles. The van der Waals surface area contributed by atoms with E-state index < -0.39 is 15.9 Å². The molecule has 1 amide bonds. The van der Waals surface area contributed by atoms with Gasteiger partial charge < -0.3 is 15.4 Å². The van der Waals surface area contributed by atoms with Crippen molar-refractivity contribution in [3.63, 3.8) is 0 Å². The largest absolute Gasteiger partial charge is 0.445 e. The van der Waals surface area contributed by atoms with E-state index in [4.69, 9.17) is 10.5 Å². The molecule has 0 radical (unpaired) electrons. The molecule has 0 aliphatic carbocycles. The number of nitrogens with two attached hydrogens (primary N) is 1. The van der Waals surface area contributed by atoms with Crippen LogP contribution in [0.25, 0.3) is 0 Å². The Morgan fingerprint density at radius 1 is 1.27 bits per heavy atom. The molecule has 7 heteroatoms. The van der Waals surface area contributed by atoms with Gasteiger partial charge in [0.1, 0.15) is 16.4 Å². The number of sulfone groups is 1. The summed E-state index contributed by atoms with van der Waals surface area (Å²) in [6.45, 7) is 4.64. The predicted molar refractivity (Wildman–Crippen MR) is 87.2 cm³/mol. The van der Waals surface area contributed by atoms with Crippen LogP contribution in [0.15, 0.2) is 24.3 Å². The van der Waals surface area contributed by atoms with Crippen LogP contribution in [0.1, 0.15) is 19.4 Å². The molecule has 0 aliphatic rings. The summed E-state index contributed by atoms with van der Waals surface area (Å²) in [6, 6.07) is 7.04. The Morgan fingerprint density at radius 3 is 2.36 bits per heavy atom. The van der Waals surface area contributed by atoms with E-state index in [-0.39, 0.29) is 24.8 Å². The lowest BCUT2D eigenvalue weighted by molar-refractivity contribution is 0.0943. The summed E-state index contributed by atoms with van der Waals surface area (Å²) in [5.74, 6) is 0.153. The minimum absolute atomic E-state index is 0.0727. The van der Waals surface area contributed by atoms with E-state index in [0.29, 0.717) is 12.2 Å². The first kappa shape index (κ1) is 18.3. The normalized spacial score (nSPS) is 11.5. The molecule has 124 valence electrons. The van der Waals surface area contributed by atoms with E-state index in [1.54, 1.807) is 24.3 Å². The number of rotatable bonds is 7. The van der Waals surface area contributed by atoms with Crippen molar-refractivity contribution in [2.45, 2.75) is 20.5 Å². The van der Waals surface area contributed by atoms with Gasteiger partial charge in [0.2, 0.25) is 0 Å². The number of nitrogens with zero attached hydrogens (tertiary/aromatic N) is 1. The molecular formula is C15H24N2O4S. The van der Waals surface area contributed by atoms with Gasteiger partial charge in [-0.25, -0.2) is 13.2 Å². The summed E-state index contributed by atoms with van der Waals surface area (Å²) >= 11 is 0. The van der Waals surface area contributed by atoms with E-state index in [1.165, 1.54) is 4.90 Å². The Kier molecular flexibility index (Phi) is 6.67. The zero-order valence-electron chi connectivity index (χ0n) is 13.3. The fraction of sp³-hybridized carbons (Fsp3) is 0.533. The molecule has 0 heterocycles. The Hall–Kier alpha value is -1.76. The van der Waals surface area contributed by atoms with Crippen molar-refractivity contribution in [2.24, 2.45) is 5.92 Å². The fourth-order valence-electron chi connectivity index (χ4n) is 1.82. The monoisotopic (exact) mass is 328 g/mol. The number of carbonyl (C=O) groups is 1. The molecule has 1 rings (SSSR count). The van der Waals surface area contributed by atoms with Crippen LogP contribution >= 0.6 is 0 Å². The second-order valence-corrected chi connectivity index (χ2v) is 8.03. The average molecular weight is 328 g/mol. The molecule has 2 N–H and O–H groups in total. The average Bonchev–Trinajstić information content (AvgIpc) is 2.41. The van der Waals surface area contributed by atoms with Crippen LogP contribution in [0.3, 0.4) is 0 Å². The highest BCUT2D eigenvalue weighted by Crippen LogP contribution is 2.09. The second kappa shape index (κ2) is 8.03. The summed E-state index contributed by atoms with van der Waals surface area (Å²) in [5.41, 5.74) is 7.07. The first-order chi connectivity index (χ1) is 10.2. The van der Waals surface area contributed by atoms with Gasteiger partial charge in [0.25, 0.3) is 0 Å². The standard InChI is InChI=1S/C15H24N2O4S/c1-12(2)10-17(8-9-22(3,19)20)15(18)21-11-13-4-6-14(16)7-5-13/h4-7,12H,8-11,16H2,1-3H3. The van der Waals surface area contributed by atoms with Crippen LogP contribution in [-0.4, -0.2) is 44.5 Å². The summed E-state index contributed by atoms with van der Waals surface area (Å²) in [6.07, 6.45) is 0.648. The molecule has 0 fully saturated rings. The van der Waals surface area contributed by atoms with E-state index in [0.717, 1.165) is 11.8 Å². The molecule has 0 spiro atoms. The maximum absolute atomic E-state index is 12.1. The van der Waals surface area contributed by atoms with Gasteiger partial charge in [0, 0.05) is 25.0 Å². The van der Waals surface area contributed by atoms with Gasteiger partial charge >= 0.3 is 6.09 Å². The lowest BCUT2D eigenvalue weighted by Gasteiger charge is -2.23. The molecule has 0 unspecified atom stereocenters. The zero-order chi connectivity index (χ0) is 16.8. The smallest absolute Gasteiger partial charge is 0.410 e. The third-order valence-corrected chi connectivity index (χ3v) is 3.84. The van der Waals surface area contributed by atoms with Gasteiger partial charge in [-0.15, -0.1) is 0 Å². The minimum Gasteiger partial charge on any atom is -0.445 e. The first-order valence-electron chi connectivity index (χ1n) is 7.11. The van der Waals surface area contributed by atoms with Crippen LogP contribution in [0.5, 0.6) is 0 Å². The number of benzene rings is 1. The van der Waals surface area contributed by atoms with Crippen molar-refractivity contribution >= 4 is 21.6 Å². The van der Waals surface area contributed by atoms with E-state index in [1.807, 2.05) is 13.8 Å². The summed E-state index contributed by atoms with van der Waals surface area (Å²) in [7, 11) is -3.12. The van der Waals surface area contributed by atoms with Gasteiger partial charge in [0.15, 0.2) is 0 Å². The number of anilines is 1. The Morgan fingerprint density at radius 2 is 1.86 bits per heavy atom. The lowest BCUT2D eigenvalue weighted by atomic mass is 10.2. The fourth-order valence-corrected chi connectivity index (χ4v) is 2.38. The quantitative estimate of drug-likeness (QED) is 0.772. The van der Waals surface area contributed by atoms with E-state index >= 15 is 0 Å². The Bertz CT molecular complexity index is 582. The van der Waals surface area contributed by atoms with Crippen molar-refractivity contribution in [1.29, 1.82) is 0 Å². The molecule has 1 aromatic rings. The number of hydrogen-bond acceptors (Lipinski definition) is 5. The van der Waals surface area contributed by atoms with Crippen molar-refractivity contribution in [3.8, 4) is 0 Å². The van der Waals surface area contributed by atoms with Crippen molar-refractivity contribution in [1.82, 2.24) is 4.90 Å². The highest BCUT2D eigenvalue weighted by Gasteiger charge is 2.18. The van der Waals surface area contributed by atoms with E-state index in [2.05, 4.69) is 0 Å². The first-order valence-corrected chi connectivity index (χ1v) is 9.17. The molecule has 6 nitrogen and oxygen atoms in total. The van der Waals surface area contributed by atoms with Crippen molar-refractivity contribution < 1.29 is 17.9 Å². The van der Waals surface area contributed by atoms with Gasteiger partial charge in [0.05, 0.1) is 5.75 Å². The highest BCUT2D eigenvalue weighted by atomic mass is 32.2. The van der Waals surface area contributed by atoms with Crippen molar-refractivity contribution in [2.75, 3.05) is 30.8 Å². The molecule has 1 aromatic carbocycles. The molecule has 0 saturated heterocycles. The number of hydrogen-bond donors (Lipinski definition) is 1. The molecule has 0 bridgehead atoms. The lowest BCUT2D eigenvalue weighted by Crippen LogP contribution is -2.38. The van der Waals surface area contributed by atoms with Crippen LogP contribution in [0, 0.1) is 5.92 Å². The molecule has 22 heavy (non-hydrogen) atoms. The third-order valence-electron chi connectivity index (χ3n) is 2.92. The van der Waals surface area contributed by atoms with E-state index in [9.17, 15) is 13.2 Å². The minimum atomic E-state index is -3.12. The number of carbonyl (C=O) groups excluding carboxylic acids is 1. The maximum Gasteiger partial charge on any atom is 0.410 e. The summed E-state index contributed by atoms with van der Waals surface area (Å²) in [4.78, 5) is 13.6. The Balaban J connectivity index is 2.60. The zero-order valence-corrected chi connectivity index (χ0v) is 14.1. The molecular weight excluding hydrogens is 304 g/mol. The van der Waals surface area contributed by atoms with Gasteiger partial charge in [-0.1, -0.05) is 26.0 Å². The highest BCUT2D eigenvalue weighted by molar-refractivity contribution is 7.90. The summed E-state index contributed by atoms with van der Waals surface area (Å²) < 4.78 is 27.8. The second-order valence-electron chi connectivity index (χ2n) is 5.77. The molecule has 0 atom stereocenters. The third kappa shape index (κ3) is 7.31. The van der Waals surface area contributed by atoms with Crippen LogP contribution in [0.4, 0.5) is 10.5 Å².